The summed E-state index contributed by atoms with van der Waals surface area (Å²) in [7, 11) is 0. The standard InChI is InChI=1S/C26H38N8O7/c27-10-2-1-3-19(32-23(37)18(28)12-16-13-30-14-31-16)24(38)33-20(8-9-22(29)36)25(39)34-21(26(40)41)11-15-4-6-17(35)7-5-15/h4-7,13-14,18-21,35H,1-3,8-12,27-28H2,(H2,29,36)(H,30,31)(H,32,37)(H,33,38)(H,34,39)(H,40,41). The highest BCUT2D eigenvalue weighted by atomic mass is 16.4. The molecule has 15 nitrogen and oxygen atoms in total. The van der Waals surface area contributed by atoms with Gasteiger partial charge in [-0.15, -0.1) is 0 Å². The molecule has 1 aromatic heterocycles. The van der Waals surface area contributed by atoms with Gasteiger partial charge >= 0.3 is 5.97 Å². The van der Waals surface area contributed by atoms with Crippen molar-refractivity contribution in [1.29, 1.82) is 0 Å². The number of hydrogen-bond acceptors (Lipinski definition) is 9. The topological polar surface area (TPSA) is 269 Å². The van der Waals surface area contributed by atoms with E-state index >= 15 is 0 Å². The molecule has 2 aromatic rings. The number of aromatic amines is 1. The molecule has 1 heterocycles. The average Bonchev–Trinajstić information content (AvgIpc) is 3.43. The van der Waals surface area contributed by atoms with E-state index in [0.29, 0.717) is 30.6 Å². The zero-order valence-corrected chi connectivity index (χ0v) is 22.5. The van der Waals surface area contributed by atoms with Gasteiger partial charge in [-0.3, -0.25) is 19.2 Å². The van der Waals surface area contributed by atoms with E-state index in [0.717, 1.165) is 0 Å². The van der Waals surface area contributed by atoms with Crippen molar-refractivity contribution in [2.24, 2.45) is 17.2 Å². The van der Waals surface area contributed by atoms with Gasteiger partial charge in [0.05, 0.1) is 12.4 Å². The average molecular weight is 575 g/mol. The first-order valence-corrected chi connectivity index (χ1v) is 13.1. The molecular weight excluding hydrogens is 536 g/mol. The lowest BCUT2D eigenvalue weighted by Crippen LogP contribution is -2.57. The molecule has 0 aliphatic rings. The molecule has 0 spiro atoms. The molecule has 1 aromatic carbocycles. The molecule has 4 amide bonds. The van der Waals surface area contributed by atoms with Gasteiger partial charge in [0.25, 0.3) is 0 Å². The number of nitrogens with one attached hydrogen (secondary N) is 4. The summed E-state index contributed by atoms with van der Waals surface area (Å²) >= 11 is 0. The monoisotopic (exact) mass is 574 g/mol. The van der Waals surface area contributed by atoms with Gasteiger partial charge in [-0.05, 0) is 49.9 Å². The Balaban J connectivity index is 2.15. The van der Waals surface area contributed by atoms with Gasteiger partial charge in [-0.25, -0.2) is 9.78 Å². The number of aromatic hydroxyl groups is 1. The van der Waals surface area contributed by atoms with Crippen molar-refractivity contribution < 1.29 is 34.2 Å². The smallest absolute Gasteiger partial charge is 0.326 e. The minimum atomic E-state index is -1.37. The summed E-state index contributed by atoms with van der Waals surface area (Å²) in [6, 6.07) is 0.997. The number of carboxylic acids is 1. The van der Waals surface area contributed by atoms with Gasteiger partial charge in [-0.1, -0.05) is 12.1 Å². The van der Waals surface area contributed by atoms with Crippen LogP contribution in [0.5, 0.6) is 5.75 Å². The number of rotatable bonds is 18. The molecule has 12 N–H and O–H groups in total. The third-order valence-corrected chi connectivity index (χ3v) is 6.21. The Morgan fingerprint density at radius 1 is 0.878 bits per heavy atom. The van der Waals surface area contributed by atoms with Gasteiger partial charge in [0.15, 0.2) is 0 Å². The number of carbonyl (C=O) groups is 5. The number of imidazole rings is 1. The SMILES string of the molecule is NCCCCC(NC(=O)C(N)Cc1cnc[nH]1)C(=O)NC(CCC(N)=O)C(=O)NC(Cc1ccc(O)cc1)C(=O)O. The zero-order chi connectivity index (χ0) is 30.4. The van der Waals surface area contributed by atoms with Crippen LogP contribution >= 0.6 is 0 Å². The first-order valence-electron chi connectivity index (χ1n) is 13.1. The number of aliphatic carboxylic acids is 1. The third-order valence-electron chi connectivity index (χ3n) is 6.21. The van der Waals surface area contributed by atoms with Crippen LogP contribution < -0.4 is 33.2 Å². The van der Waals surface area contributed by atoms with E-state index in [1.54, 1.807) is 0 Å². The van der Waals surface area contributed by atoms with E-state index in [-0.39, 0.29) is 37.9 Å². The van der Waals surface area contributed by atoms with E-state index in [1.807, 2.05) is 0 Å². The van der Waals surface area contributed by atoms with E-state index in [2.05, 4.69) is 25.9 Å². The Morgan fingerprint density at radius 3 is 2.05 bits per heavy atom. The van der Waals surface area contributed by atoms with E-state index < -0.39 is 53.8 Å². The highest BCUT2D eigenvalue weighted by Gasteiger charge is 2.30. The van der Waals surface area contributed by atoms with Crippen molar-refractivity contribution in [1.82, 2.24) is 25.9 Å². The van der Waals surface area contributed by atoms with Crippen LogP contribution in [-0.4, -0.2) is 80.5 Å². The Bertz CT molecular complexity index is 1160. The predicted octanol–water partition coefficient (Wildman–Crippen LogP) is -1.84. The van der Waals surface area contributed by atoms with Crippen molar-refractivity contribution in [2.45, 2.75) is 69.1 Å². The summed E-state index contributed by atoms with van der Waals surface area (Å²) in [5, 5.41) is 26.6. The van der Waals surface area contributed by atoms with Crippen LogP contribution in [-0.2, 0) is 36.8 Å². The lowest BCUT2D eigenvalue weighted by Gasteiger charge is -2.25. The highest BCUT2D eigenvalue weighted by molar-refractivity contribution is 5.94. The van der Waals surface area contributed by atoms with Gasteiger partial charge in [0.1, 0.15) is 23.9 Å². The fourth-order valence-electron chi connectivity index (χ4n) is 3.93. The molecule has 15 heteroatoms. The summed E-state index contributed by atoms with van der Waals surface area (Å²) < 4.78 is 0. The summed E-state index contributed by atoms with van der Waals surface area (Å²) in [5.41, 5.74) is 18.0. The normalized spacial score (nSPS) is 13.8. The summed E-state index contributed by atoms with van der Waals surface area (Å²) in [6.07, 6.45) is 3.77. The van der Waals surface area contributed by atoms with Crippen molar-refractivity contribution in [3.63, 3.8) is 0 Å². The van der Waals surface area contributed by atoms with Crippen LogP contribution in [0.2, 0.25) is 0 Å². The Kier molecular flexibility index (Phi) is 13.2. The number of benzene rings is 1. The molecule has 0 bridgehead atoms. The van der Waals surface area contributed by atoms with E-state index in [4.69, 9.17) is 17.2 Å². The van der Waals surface area contributed by atoms with Crippen LogP contribution in [0.4, 0.5) is 0 Å². The largest absolute Gasteiger partial charge is 0.508 e. The summed E-state index contributed by atoms with van der Waals surface area (Å²) in [5.74, 6) is -4.24. The number of nitrogens with two attached hydrogens (primary N) is 3. The van der Waals surface area contributed by atoms with Crippen LogP contribution in [0, 0.1) is 0 Å². The quantitative estimate of drug-likeness (QED) is 0.0897. The maximum Gasteiger partial charge on any atom is 0.326 e. The molecule has 224 valence electrons. The fraction of sp³-hybridized carbons (Fsp3) is 0.462. The summed E-state index contributed by atoms with van der Waals surface area (Å²) in [4.78, 5) is 69.2. The molecule has 0 saturated heterocycles. The zero-order valence-electron chi connectivity index (χ0n) is 22.5. The number of phenols is 1. The van der Waals surface area contributed by atoms with Crippen LogP contribution in [0.3, 0.4) is 0 Å². The first-order chi connectivity index (χ1) is 19.5. The van der Waals surface area contributed by atoms with Crippen molar-refractivity contribution in [2.75, 3.05) is 6.54 Å². The number of carbonyl (C=O) groups excluding carboxylic acids is 4. The fourth-order valence-corrected chi connectivity index (χ4v) is 3.93. The molecule has 0 aliphatic heterocycles. The minimum Gasteiger partial charge on any atom is -0.508 e. The van der Waals surface area contributed by atoms with Crippen molar-refractivity contribution in [3.05, 3.63) is 48.0 Å². The van der Waals surface area contributed by atoms with Crippen molar-refractivity contribution >= 4 is 29.6 Å². The number of amides is 4. The molecular formula is C26H38N8O7. The van der Waals surface area contributed by atoms with Crippen LogP contribution in [0.15, 0.2) is 36.8 Å². The number of aromatic nitrogens is 2. The van der Waals surface area contributed by atoms with Crippen LogP contribution in [0.25, 0.3) is 0 Å². The number of primary amides is 1. The summed E-state index contributed by atoms with van der Waals surface area (Å²) in [6.45, 7) is 0.364. The second-order valence-electron chi connectivity index (χ2n) is 9.57. The van der Waals surface area contributed by atoms with Gasteiger partial charge in [0, 0.05) is 31.2 Å². The van der Waals surface area contributed by atoms with E-state index in [9.17, 15) is 34.2 Å². The molecule has 4 atom stereocenters. The minimum absolute atomic E-state index is 0.00531. The third kappa shape index (κ3) is 11.6. The highest BCUT2D eigenvalue weighted by Crippen LogP contribution is 2.12. The maximum absolute atomic E-state index is 13.3. The van der Waals surface area contributed by atoms with Crippen molar-refractivity contribution in [3.8, 4) is 5.75 Å². The maximum atomic E-state index is 13.3. The van der Waals surface area contributed by atoms with Crippen LogP contribution in [0.1, 0.15) is 43.4 Å². The predicted molar refractivity (Wildman–Crippen MR) is 147 cm³/mol. The number of unbranched alkanes of at least 4 members (excludes halogenated alkanes) is 1. The Hall–Kier alpha value is -4.50. The molecule has 2 rings (SSSR count). The number of H-pyrrole nitrogens is 1. The van der Waals surface area contributed by atoms with Gasteiger partial charge in [-0.2, -0.15) is 0 Å². The molecule has 4 unspecified atom stereocenters. The molecule has 41 heavy (non-hydrogen) atoms. The van der Waals surface area contributed by atoms with Gasteiger partial charge in [0.2, 0.25) is 23.6 Å². The Morgan fingerprint density at radius 2 is 1.49 bits per heavy atom. The number of carboxylic acid groups (broad SMARTS) is 1. The molecule has 0 saturated carbocycles. The molecule has 0 radical (unpaired) electrons. The lowest BCUT2D eigenvalue weighted by atomic mass is 10.0. The number of phenolic OH excluding ortho intramolecular Hbond substituents is 1. The number of hydrogen-bond donors (Lipinski definition) is 9. The molecule has 0 fully saturated rings. The first kappa shape index (κ1) is 32.7. The lowest BCUT2D eigenvalue weighted by molar-refractivity contribution is -0.142. The van der Waals surface area contributed by atoms with Gasteiger partial charge < -0.3 is 48.3 Å². The molecule has 0 aliphatic carbocycles. The number of nitrogens with zero attached hydrogens (tertiary/aromatic N) is 1. The second kappa shape index (κ2) is 16.6. The Labute approximate surface area is 236 Å². The van der Waals surface area contributed by atoms with E-state index in [1.165, 1.54) is 36.8 Å². The second-order valence-corrected chi connectivity index (χ2v) is 9.57.